The van der Waals surface area contributed by atoms with E-state index in [1.165, 1.54) is 18.3 Å². The lowest BCUT2D eigenvalue weighted by molar-refractivity contribution is -0.140. The molecule has 0 aromatic heterocycles. The number of benzene rings is 1. The van der Waals surface area contributed by atoms with Crippen molar-refractivity contribution in [1.29, 1.82) is 0 Å². The summed E-state index contributed by atoms with van der Waals surface area (Å²) in [6, 6.07) is 7.72. The summed E-state index contributed by atoms with van der Waals surface area (Å²) in [5.74, 6) is 6.32. The van der Waals surface area contributed by atoms with Crippen LogP contribution in [0.4, 0.5) is 0 Å². The van der Waals surface area contributed by atoms with Crippen LogP contribution >= 0.6 is 0 Å². The van der Waals surface area contributed by atoms with Gasteiger partial charge in [-0.05, 0) is 51.0 Å². The van der Waals surface area contributed by atoms with Gasteiger partial charge in [-0.25, -0.2) is 0 Å². The Morgan fingerprint density at radius 1 is 1.18 bits per heavy atom. The van der Waals surface area contributed by atoms with Crippen LogP contribution in [0.5, 0.6) is 5.75 Å². The third-order valence-corrected chi connectivity index (χ3v) is 3.51. The molecule has 0 aliphatic heterocycles. The van der Waals surface area contributed by atoms with E-state index in [4.69, 9.17) is 9.47 Å². The Hall–Kier alpha value is -2.21. The molecule has 0 radical (unpaired) electrons. The second-order valence-corrected chi connectivity index (χ2v) is 5.37. The maximum Gasteiger partial charge on any atom is 0.307 e. The van der Waals surface area contributed by atoms with Crippen molar-refractivity contribution in [2.75, 3.05) is 13.7 Å². The van der Waals surface area contributed by atoms with E-state index in [-0.39, 0.29) is 18.3 Å². The number of carbonyl (C=O) groups is 1. The second-order valence-electron chi connectivity index (χ2n) is 5.37. The Morgan fingerprint density at radius 2 is 1.82 bits per heavy atom. The molecule has 0 fully saturated rings. The minimum atomic E-state index is -0.257. The van der Waals surface area contributed by atoms with Gasteiger partial charge < -0.3 is 9.47 Å². The van der Waals surface area contributed by atoms with Crippen LogP contribution in [0.3, 0.4) is 0 Å². The van der Waals surface area contributed by atoms with Gasteiger partial charge in [0.1, 0.15) is 12.4 Å². The first-order valence-electron chi connectivity index (χ1n) is 7.32. The fourth-order valence-electron chi connectivity index (χ4n) is 1.81. The van der Waals surface area contributed by atoms with E-state index in [0.717, 1.165) is 11.3 Å². The molecule has 1 rings (SSSR count). The zero-order valence-corrected chi connectivity index (χ0v) is 14.0. The van der Waals surface area contributed by atoms with Crippen molar-refractivity contribution in [2.24, 2.45) is 0 Å². The summed E-state index contributed by atoms with van der Waals surface area (Å²) >= 11 is 0. The minimum Gasteiger partial charge on any atom is -0.489 e. The molecule has 1 aromatic rings. The van der Waals surface area contributed by atoms with E-state index in [1.54, 1.807) is 6.92 Å². The van der Waals surface area contributed by atoms with Gasteiger partial charge in [0.05, 0.1) is 19.4 Å². The zero-order valence-electron chi connectivity index (χ0n) is 14.0. The molecule has 1 aromatic carbocycles. The number of ether oxygens (including phenoxy) is 2. The lowest BCUT2D eigenvalue weighted by atomic mass is 9.96. The van der Waals surface area contributed by atoms with Crippen LogP contribution in [0.1, 0.15) is 45.6 Å². The van der Waals surface area contributed by atoms with Crippen LogP contribution in [0, 0.1) is 11.8 Å². The normalized spacial score (nSPS) is 11.0. The predicted molar refractivity (Wildman–Crippen MR) is 88.8 cm³/mol. The van der Waals surface area contributed by atoms with Crippen molar-refractivity contribution in [3.05, 3.63) is 41.0 Å². The van der Waals surface area contributed by atoms with Crippen molar-refractivity contribution in [1.82, 2.24) is 0 Å². The highest BCUT2D eigenvalue weighted by molar-refractivity contribution is 5.71. The van der Waals surface area contributed by atoms with Crippen LogP contribution in [0.25, 0.3) is 0 Å². The maximum absolute atomic E-state index is 11.5. The highest BCUT2D eigenvalue weighted by Gasteiger charge is 2.14. The van der Waals surface area contributed by atoms with Crippen LogP contribution in [0.15, 0.2) is 35.4 Å². The molecule has 1 atom stereocenters. The van der Waals surface area contributed by atoms with Gasteiger partial charge in [0, 0.05) is 0 Å². The summed E-state index contributed by atoms with van der Waals surface area (Å²) in [7, 11) is 1.39. The molecule has 0 amide bonds. The number of allylic oxidation sites excluding steroid dienone is 1. The van der Waals surface area contributed by atoms with Crippen molar-refractivity contribution < 1.29 is 14.3 Å². The largest absolute Gasteiger partial charge is 0.489 e. The van der Waals surface area contributed by atoms with Gasteiger partial charge in [-0.2, -0.15) is 0 Å². The van der Waals surface area contributed by atoms with Crippen molar-refractivity contribution >= 4 is 5.97 Å². The fraction of sp³-hybridized carbons (Fsp3) is 0.421. The first kappa shape index (κ1) is 17.8. The molecular formula is C19H24O3. The first-order valence-corrected chi connectivity index (χ1v) is 7.32. The van der Waals surface area contributed by atoms with Gasteiger partial charge in [-0.3, -0.25) is 4.79 Å². The number of rotatable bonds is 6. The van der Waals surface area contributed by atoms with Crippen LogP contribution in [-0.2, 0) is 9.53 Å². The Balaban J connectivity index is 2.78. The van der Waals surface area contributed by atoms with Crippen molar-refractivity contribution in [3.63, 3.8) is 0 Å². The molecule has 0 N–H and O–H groups in total. The van der Waals surface area contributed by atoms with Crippen molar-refractivity contribution in [2.45, 2.75) is 40.0 Å². The first-order chi connectivity index (χ1) is 10.5. The number of hydrogen-bond donors (Lipinski definition) is 0. The number of esters is 1. The quantitative estimate of drug-likeness (QED) is 0.451. The molecule has 0 bridgehead atoms. The zero-order chi connectivity index (χ0) is 16.5. The summed E-state index contributed by atoms with van der Waals surface area (Å²) in [4.78, 5) is 11.5. The Morgan fingerprint density at radius 3 is 2.32 bits per heavy atom. The Bertz CT molecular complexity index is 581. The van der Waals surface area contributed by atoms with Crippen molar-refractivity contribution in [3.8, 4) is 17.6 Å². The third-order valence-electron chi connectivity index (χ3n) is 3.51. The molecule has 22 heavy (non-hydrogen) atoms. The highest BCUT2D eigenvalue weighted by Crippen LogP contribution is 2.23. The van der Waals surface area contributed by atoms with Gasteiger partial charge in [-0.15, -0.1) is 5.92 Å². The topological polar surface area (TPSA) is 35.5 Å². The lowest BCUT2D eigenvalue weighted by Crippen LogP contribution is -2.07. The van der Waals surface area contributed by atoms with E-state index >= 15 is 0 Å². The third kappa shape index (κ3) is 5.65. The second kappa shape index (κ2) is 8.94. The number of carbonyl (C=O) groups excluding carboxylic acids is 1. The molecule has 0 aliphatic rings. The van der Waals surface area contributed by atoms with Gasteiger partial charge in [-0.1, -0.05) is 23.6 Å². The van der Waals surface area contributed by atoms with Gasteiger partial charge >= 0.3 is 5.97 Å². The standard InChI is InChI=1S/C19H24O3/c1-6-7-17(12-19(20)21-5)16-8-10-18(11-9-16)22-13-15(4)14(2)3/h8-11,17H,12-13H2,1-5H3/t17-/m0/s1. The Kier molecular flexibility index (Phi) is 7.25. The summed E-state index contributed by atoms with van der Waals surface area (Å²) < 4.78 is 10.5. The molecule has 0 heterocycles. The van der Waals surface area contributed by atoms with Gasteiger partial charge in [0.2, 0.25) is 0 Å². The average Bonchev–Trinajstić information content (AvgIpc) is 2.52. The number of methoxy groups -OCH3 is 1. The minimum absolute atomic E-state index is 0.147. The van der Waals surface area contributed by atoms with Crippen LogP contribution in [-0.4, -0.2) is 19.7 Å². The summed E-state index contributed by atoms with van der Waals surface area (Å²) in [6.45, 7) is 8.56. The molecule has 0 aliphatic carbocycles. The molecule has 3 nitrogen and oxygen atoms in total. The number of hydrogen-bond acceptors (Lipinski definition) is 3. The fourth-order valence-corrected chi connectivity index (χ4v) is 1.81. The SMILES string of the molecule is CC#C[C@@H](CC(=O)OC)c1ccc(OCC(C)=C(C)C)cc1. The summed E-state index contributed by atoms with van der Waals surface area (Å²) in [5, 5.41) is 0. The van der Waals surface area contributed by atoms with E-state index in [2.05, 4.69) is 32.6 Å². The molecule has 0 spiro atoms. The van der Waals surface area contributed by atoms with E-state index in [1.807, 2.05) is 24.3 Å². The predicted octanol–water partition coefficient (Wildman–Crippen LogP) is 4.09. The van der Waals surface area contributed by atoms with Crippen LogP contribution < -0.4 is 4.74 Å². The molecule has 0 unspecified atom stereocenters. The van der Waals surface area contributed by atoms with Gasteiger partial charge in [0.15, 0.2) is 0 Å². The molecule has 0 saturated carbocycles. The maximum atomic E-state index is 11.5. The van der Waals surface area contributed by atoms with E-state index in [0.29, 0.717) is 6.61 Å². The molecular weight excluding hydrogens is 276 g/mol. The Labute approximate surface area is 133 Å². The highest BCUT2D eigenvalue weighted by atomic mass is 16.5. The monoisotopic (exact) mass is 300 g/mol. The smallest absolute Gasteiger partial charge is 0.307 e. The average molecular weight is 300 g/mol. The molecule has 3 heteroatoms. The van der Waals surface area contributed by atoms with E-state index < -0.39 is 0 Å². The van der Waals surface area contributed by atoms with Crippen LogP contribution in [0.2, 0.25) is 0 Å². The summed E-state index contributed by atoms with van der Waals surface area (Å²) in [5.41, 5.74) is 3.49. The van der Waals surface area contributed by atoms with E-state index in [9.17, 15) is 4.79 Å². The molecule has 118 valence electrons. The van der Waals surface area contributed by atoms with Gasteiger partial charge in [0.25, 0.3) is 0 Å². The molecule has 0 saturated heterocycles. The summed E-state index contributed by atoms with van der Waals surface area (Å²) in [6.07, 6.45) is 0.258. The lowest BCUT2D eigenvalue weighted by Gasteiger charge is -2.12.